The summed E-state index contributed by atoms with van der Waals surface area (Å²) in [5.41, 5.74) is 1.83. The van der Waals surface area contributed by atoms with Crippen molar-refractivity contribution in [2.24, 2.45) is 0 Å². The minimum Gasteiger partial charge on any atom is -0.480 e. The first-order valence-corrected chi connectivity index (χ1v) is 13.3. The second-order valence-corrected chi connectivity index (χ2v) is 9.84. The maximum absolute atomic E-state index is 13.3. The van der Waals surface area contributed by atoms with Crippen molar-refractivity contribution >= 4 is 28.9 Å². The average Bonchev–Trinajstić information content (AvgIpc) is 3.21. The molecule has 3 heterocycles. The fourth-order valence-electron chi connectivity index (χ4n) is 4.69. The smallest absolute Gasteiger partial charge is 0.393 e. The van der Waals surface area contributed by atoms with E-state index in [4.69, 9.17) is 0 Å². The van der Waals surface area contributed by atoms with Crippen molar-refractivity contribution in [1.29, 1.82) is 0 Å². The normalized spacial score (nSPS) is 12.6. The highest BCUT2D eigenvalue weighted by molar-refractivity contribution is 5.78. The molecule has 0 saturated heterocycles. The Bertz CT molecular complexity index is 1580. The van der Waals surface area contributed by atoms with Gasteiger partial charge in [0.2, 0.25) is 5.95 Å². The molecule has 0 bridgehead atoms. The molecule has 0 aliphatic carbocycles. The summed E-state index contributed by atoms with van der Waals surface area (Å²) in [5, 5.41) is 12.6. The summed E-state index contributed by atoms with van der Waals surface area (Å²) in [4.78, 5) is 39.9. The minimum absolute atomic E-state index is 0.0490. The Morgan fingerprint density at radius 2 is 1.78 bits per heavy atom. The first-order valence-electron chi connectivity index (χ1n) is 13.3. The van der Waals surface area contributed by atoms with Crippen LogP contribution in [0.2, 0.25) is 0 Å². The van der Waals surface area contributed by atoms with Gasteiger partial charge in [0.15, 0.2) is 5.65 Å². The van der Waals surface area contributed by atoms with Crippen LogP contribution in [-0.4, -0.2) is 60.5 Å². The van der Waals surface area contributed by atoms with Gasteiger partial charge in [-0.05, 0) is 57.5 Å². The fourth-order valence-corrected chi connectivity index (χ4v) is 4.69. The van der Waals surface area contributed by atoms with Gasteiger partial charge in [0.25, 0.3) is 0 Å². The van der Waals surface area contributed by atoms with Crippen molar-refractivity contribution in [3.8, 4) is 5.69 Å². The second kappa shape index (κ2) is 12.0. The van der Waals surface area contributed by atoms with E-state index < -0.39 is 24.6 Å². The van der Waals surface area contributed by atoms with Gasteiger partial charge in [-0.1, -0.05) is 12.1 Å². The molecule has 41 heavy (non-hydrogen) atoms. The summed E-state index contributed by atoms with van der Waals surface area (Å²) < 4.78 is 42.9. The number of carboxylic acids is 1. The van der Waals surface area contributed by atoms with Gasteiger partial charge in [-0.15, -0.1) is 0 Å². The maximum Gasteiger partial charge on any atom is 0.393 e. The average molecular weight is 572 g/mol. The molecule has 1 atom stereocenters. The van der Waals surface area contributed by atoms with Gasteiger partial charge in [-0.3, -0.25) is 4.57 Å². The number of nitrogens with one attached hydrogen (secondary N) is 1. The van der Waals surface area contributed by atoms with Crippen LogP contribution < -0.4 is 15.9 Å². The molecular weight excluding hydrogens is 539 g/mol. The summed E-state index contributed by atoms with van der Waals surface area (Å²) in [5.74, 6) is -1.23. The van der Waals surface area contributed by atoms with Gasteiger partial charge in [0.1, 0.15) is 11.9 Å². The van der Waals surface area contributed by atoms with Crippen LogP contribution in [0, 0.1) is 0 Å². The molecule has 0 unspecified atom stereocenters. The van der Waals surface area contributed by atoms with Crippen LogP contribution in [0.1, 0.15) is 44.9 Å². The van der Waals surface area contributed by atoms with Gasteiger partial charge in [0, 0.05) is 43.5 Å². The van der Waals surface area contributed by atoms with Crippen molar-refractivity contribution in [3.05, 3.63) is 70.4 Å². The predicted molar refractivity (Wildman–Crippen MR) is 150 cm³/mol. The Labute approximate surface area is 234 Å². The molecule has 13 heteroatoms. The van der Waals surface area contributed by atoms with Crippen LogP contribution in [0.3, 0.4) is 0 Å². The van der Waals surface area contributed by atoms with Crippen molar-refractivity contribution in [2.45, 2.75) is 58.8 Å². The zero-order valence-corrected chi connectivity index (χ0v) is 23.2. The van der Waals surface area contributed by atoms with Gasteiger partial charge in [0.05, 0.1) is 17.6 Å². The number of alkyl halides is 3. The van der Waals surface area contributed by atoms with Crippen LogP contribution in [0.15, 0.2) is 53.6 Å². The Morgan fingerprint density at radius 3 is 2.37 bits per heavy atom. The molecule has 4 aromatic rings. The number of imidazole rings is 1. The zero-order chi connectivity index (χ0) is 29.9. The molecule has 218 valence electrons. The van der Waals surface area contributed by atoms with Crippen molar-refractivity contribution in [2.75, 3.05) is 23.3 Å². The number of aliphatic carboxylic acids is 1. The van der Waals surface area contributed by atoms with Crippen LogP contribution in [-0.2, 0) is 17.6 Å². The van der Waals surface area contributed by atoms with Gasteiger partial charge < -0.3 is 15.3 Å². The van der Waals surface area contributed by atoms with E-state index in [9.17, 15) is 27.9 Å². The fraction of sp³-hybridized carbons (Fsp3) is 0.393. The first kappa shape index (κ1) is 29.6. The molecule has 0 radical (unpaired) electrons. The third kappa shape index (κ3) is 6.50. The molecule has 0 amide bonds. The van der Waals surface area contributed by atoms with E-state index in [2.05, 4.69) is 20.3 Å². The highest BCUT2D eigenvalue weighted by atomic mass is 19.4. The lowest BCUT2D eigenvalue weighted by Gasteiger charge is -2.22. The third-order valence-electron chi connectivity index (χ3n) is 6.68. The highest BCUT2D eigenvalue weighted by Gasteiger charge is 2.31. The molecule has 3 aromatic heterocycles. The molecule has 0 aliphatic heterocycles. The number of fused-ring (bicyclic) bond motifs is 1. The summed E-state index contributed by atoms with van der Waals surface area (Å²) in [6.07, 6.45) is -3.19. The summed E-state index contributed by atoms with van der Waals surface area (Å²) >= 11 is 0. The molecule has 0 saturated carbocycles. The van der Waals surface area contributed by atoms with E-state index in [0.717, 1.165) is 6.20 Å². The van der Waals surface area contributed by atoms with Crippen LogP contribution >= 0.6 is 0 Å². The number of pyridine rings is 1. The Morgan fingerprint density at radius 1 is 1.10 bits per heavy atom. The monoisotopic (exact) mass is 571 g/mol. The predicted octanol–water partition coefficient (Wildman–Crippen LogP) is 4.62. The second-order valence-electron chi connectivity index (χ2n) is 9.84. The Kier molecular flexibility index (Phi) is 8.64. The molecule has 1 aromatic carbocycles. The lowest BCUT2D eigenvalue weighted by Crippen LogP contribution is -2.33. The minimum atomic E-state index is -4.53. The number of rotatable bonds is 11. The number of hydrogen-bond donors (Lipinski definition) is 2. The van der Waals surface area contributed by atoms with E-state index in [1.807, 2.05) is 33.8 Å². The molecule has 4 rings (SSSR count). The number of aromatic nitrogens is 5. The number of benzene rings is 1. The number of carboxylic acid groups (broad SMARTS) is 1. The quantitative estimate of drug-likeness (QED) is 0.268. The van der Waals surface area contributed by atoms with Crippen molar-refractivity contribution in [3.63, 3.8) is 0 Å². The lowest BCUT2D eigenvalue weighted by molar-refractivity contribution is -0.137. The van der Waals surface area contributed by atoms with Crippen LogP contribution in [0.4, 0.5) is 24.9 Å². The van der Waals surface area contributed by atoms with E-state index in [1.54, 1.807) is 46.0 Å². The van der Waals surface area contributed by atoms with E-state index in [-0.39, 0.29) is 35.5 Å². The molecule has 0 aliphatic rings. The molecule has 10 nitrogen and oxygen atoms in total. The third-order valence-corrected chi connectivity index (χ3v) is 6.68. The number of halogens is 3. The first-order chi connectivity index (χ1) is 19.4. The molecule has 0 fully saturated rings. The van der Waals surface area contributed by atoms with Gasteiger partial charge in [-0.2, -0.15) is 18.2 Å². The number of carbonyl (C=O) groups is 1. The Balaban J connectivity index is 1.64. The largest absolute Gasteiger partial charge is 0.480 e. The zero-order valence-electron chi connectivity index (χ0n) is 23.2. The summed E-state index contributed by atoms with van der Waals surface area (Å²) in [6, 6.07) is 8.94. The summed E-state index contributed by atoms with van der Waals surface area (Å²) in [7, 11) is 0. The summed E-state index contributed by atoms with van der Waals surface area (Å²) in [6.45, 7) is 8.58. The highest BCUT2D eigenvalue weighted by Crippen LogP contribution is 2.27. The van der Waals surface area contributed by atoms with Crippen LogP contribution in [0.5, 0.6) is 0 Å². The van der Waals surface area contributed by atoms with Crippen molar-refractivity contribution in [1.82, 2.24) is 24.1 Å². The lowest BCUT2D eigenvalue weighted by atomic mass is 10.0. The van der Waals surface area contributed by atoms with Gasteiger partial charge in [-0.25, -0.2) is 24.1 Å². The number of nitrogens with zero attached hydrogens (tertiary/aromatic N) is 6. The van der Waals surface area contributed by atoms with Crippen LogP contribution in [0.25, 0.3) is 16.9 Å². The maximum atomic E-state index is 13.3. The standard InChI is InChI=1S/C28H32F3N7O3/c1-5-36(6-2)26-33-16-19(15-28(29,30)31)23(35-26)34-21(25(39)40)14-18-9-11-20(12-10-18)38-24-22(8-7-13-32-24)37(17(3)4)27(38)41/h7-13,16-17,21H,5-6,14-15H2,1-4H3,(H,39,40)(H,33,34,35)/t21-/m0/s1. The number of hydrogen-bond acceptors (Lipinski definition) is 7. The van der Waals surface area contributed by atoms with Crippen molar-refractivity contribution < 1.29 is 23.1 Å². The molecular formula is C28H32F3N7O3. The molecule has 2 N–H and O–H groups in total. The number of anilines is 2. The van der Waals surface area contributed by atoms with E-state index in [1.165, 1.54) is 4.57 Å². The topological polar surface area (TPSA) is 118 Å². The van der Waals surface area contributed by atoms with E-state index >= 15 is 0 Å². The van der Waals surface area contributed by atoms with E-state index in [0.29, 0.717) is 35.5 Å². The molecule has 0 spiro atoms. The SMILES string of the molecule is CCN(CC)c1ncc(CC(F)(F)F)c(N[C@@H](Cc2ccc(-n3c(=O)n(C(C)C)c4cccnc43)cc2)C(=O)O)n1. The Hall–Kier alpha value is -4.42. The van der Waals surface area contributed by atoms with Gasteiger partial charge >= 0.3 is 17.8 Å².